The lowest BCUT2D eigenvalue weighted by molar-refractivity contribution is 0.0268. The smallest absolute Gasteiger partial charge is 0.272 e. The zero-order chi connectivity index (χ0) is 16.7. The SMILES string of the molecule is CN1C(=O)c2ccc(Sc3ccncn3)c(=O)n2C12CCCCC2. The third-order valence-electron chi connectivity index (χ3n) is 5.04. The minimum Gasteiger partial charge on any atom is -0.317 e. The Labute approximate surface area is 143 Å². The molecule has 1 fully saturated rings. The van der Waals surface area contributed by atoms with E-state index in [4.69, 9.17) is 0 Å². The fourth-order valence-corrected chi connectivity index (χ4v) is 4.59. The summed E-state index contributed by atoms with van der Waals surface area (Å²) in [7, 11) is 1.82. The Hall–Kier alpha value is -2.15. The highest BCUT2D eigenvalue weighted by Gasteiger charge is 2.48. The van der Waals surface area contributed by atoms with Crippen molar-refractivity contribution in [3.8, 4) is 0 Å². The summed E-state index contributed by atoms with van der Waals surface area (Å²) in [5, 5.41) is 0.720. The number of hydrogen-bond donors (Lipinski definition) is 0. The first-order valence-corrected chi connectivity index (χ1v) is 8.94. The topological polar surface area (TPSA) is 68.1 Å². The number of pyridine rings is 1. The Morgan fingerprint density at radius 3 is 2.62 bits per heavy atom. The van der Waals surface area contributed by atoms with E-state index >= 15 is 0 Å². The number of carbonyl (C=O) groups excluding carboxylic acids is 1. The van der Waals surface area contributed by atoms with Crippen LogP contribution in [0.4, 0.5) is 0 Å². The molecule has 24 heavy (non-hydrogen) atoms. The Morgan fingerprint density at radius 2 is 1.92 bits per heavy atom. The first-order chi connectivity index (χ1) is 11.6. The molecule has 2 aromatic rings. The summed E-state index contributed by atoms with van der Waals surface area (Å²) < 4.78 is 1.73. The molecule has 124 valence electrons. The number of aromatic nitrogens is 3. The summed E-state index contributed by atoms with van der Waals surface area (Å²) >= 11 is 1.32. The van der Waals surface area contributed by atoms with Gasteiger partial charge in [0.15, 0.2) is 0 Å². The van der Waals surface area contributed by atoms with Gasteiger partial charge in [-0.05, 0) is 43.9 Å². The van der Waals surface area contributed by atoms with Gasteiger partial charge in [0.25, 0.3) is 11.5 Å². The van der Waals surface area contributed by atoms with Crippen LogP contribution in [-0.4, -0.2) is 32.4 Å². The molecule has 2 aromatic heterocycles. The number of amides is 1. The van der Waals surface area contributed by atoms with Gasteiger partial charge in [0.05, 0.1) is 4.90 Å². The summed E-state index contributed by atoms with van der Waals surface area (Å²) in [6, 6.07) is 5.28. The van der Waals surface area contributed by atoms with Crippen LogP contribution >= 0.6 is 11.8 Å². The maximum atomic E-state index is 13.1. The minimum absolute atomic E-state index is 0.0624. The van der Waals surface area contributed by atoms with Gasteiger partial charge in [-0.2, -0.15) is 0 Å². The summed E-state index contributed by atoms with van der Waals surface area (Å²) in [4.78, 5) is 36.2. The molecule has 0 saturated heterocycles. The molecule has 0 unspecified atom stereocenters. The van der Waals surface area contributed by atoms with Gasteiger partial charge in [0, 0.05) is 13.2 Å². The van der Waals surface area contributed by atoms with Gasteiger partial charge < -0.3 is 4.90 Å². The van der Waals surface area contributed by atoms with Crippen molar-refractivity contribution in [3.63, 3.8) is 0 Å². The van der Waals surface area contributed by atoms with Crippen LogP contribution in [0.5, 0.6) is 0 Å². The largest absolute Gasteiger partial charge is 0.317 e. The lowest BCUT2D eigenvalue weighted by Crippen LogP contribution is -2.49. The lowest BCUT2D eigenvalue weighted by atomic mass is 9.88. The van der Waals surface area contributed by atoms with E-state index in [1.807, 2.05) is 7.05 Å². The number of carbonyl (C=O) groups is 1. The van der Waals surface area contributed by atoms with Gasteiger partial charge in [0.2, 0.25) is 0 Å². The quantitative estimate of drug-likeness (QED) is 0.785. The van der Waals surface area contributed by atoms with Gasteiger partial charge in [-0.3, -0.25) is 14.2 Å². The third kappa shape index (κ3) is 2.18. The molecular weight excluding hydrogens is 324 g/mol. The molecule has 2 aliphatic rings. The summed E-state index contributed by atoms with van der Waals surface area (Å²) in [6.07, 6.45) is 8.02. The molecule has 0 N–H and O–H groups in total. The van der Waals surface area contributed by atoms with Crippen molar-refractivity contribution in [2.24, 2.45) is 0 Å². The maximum Gasteiger partial charge on any atom is 0.272 e. The van der Waals surface area contributed by atoms with Crippen LogP contribution in [0.1, 0.15) is 42.6 Å². The van der Waals surface area contributed by atoms with Crippen molar-refractivity contribution in [1.29, 1.82) is 0 Å². The second kappa shape index (κ2) is 5.73. The van der Waals surface area contributed by atoms with Crippen LogP contribution in [0.25, 0.3) is 0 Å². The van der Waals surface area contributed by atoms with E-state index in [0.717, 1.165) is 37.1 Å². The van der Waals surface area contributed by atoms with Crippen LogP contribution in [0.3, 0.4) is 0 Å². The molecule has 1 spiro atoms. The van der Waals surface area contributed by atoms with Crippen LogP contribution in [0.2, 0.25) is 0 Å². The average molecular weight is 342 g/mol. The summed E-state index contributed by atoms with van der Waals surface area (Å²) in [5.41, 5.74) is -0.101. The normalized spacial score (nSPS) is 18.9. The van der Waals surface area contributed by atoms with Crippen molar-refractivity contribution in [2.45, 2.75) is 47.7 Å². The Morgan fingerprint density at radius 1 is 1.12 bits per heavy atom. The van der Waals surface area contributed by atoms with Crippen molar-refractivity contribution >= 4 is 17.7 Å². The number of rotatable bonds is 2. The number of fused-ring (bicyclic) bond motifs is 2. The second-order valence-corrected chi connectivity index (χ2v) is 7.34. The molecule has 7 heteroatoms. The minimum atomic E-state index is -0.496. The zero-order valence-electron chi connectivity index (χ0n) is 13.4. The van der Waals surface area contributed by atoms with Gasteiger partial charge >= 0.3 is 0 Å². The Bertz CT molecular complexity index is 843. The van der Waals surface area contributed by atoms with Crippen molar-refractivity contribution in [1.82, 2.24) is 19.4 Å². The highest BCUT2D eigenvalue weighted by Crippen LogP contribution is 2.42. The van der Waals surface area contributed by atoms with Crippen LogP contribution < -0.4 is 5.56 Å². The van der Waals surface area contributed by atoms with E-state index in [0.29, 0.717) is 10.6 Å². The third-order valence-corrected chi connectivity index (χ3v) is 6.02. The summed E-state index contributed by atoms with van der Waals surface area (Å²) in [5.74, 6) is -0.0624. The molecule has 4 rings (SSSR count). The fourth-order valence-electron chi connectivity index (χ4n) is 3.82. The van der Waals surface area contributed by atoms with Crippen LogP contribution in [0.15, 0.2) is 45.4 Å². The molecule has 6 nitrogen and oxygen atoms in total. The van der Waals surface area contributed by atoms with Gasteiger partial charge in [-0.25, -0.2) is 9.97 Å². The molecule has 0 bridgehead atoms. The van der Waals surface area contributed by atoms with E-state index in [-0.39, 0.29) is 11.5 Å². The van der Waals surface area contributed by atoms with E-state index in [9.17, 15) is 9.59 Å². The zero-order valence-corrected chi connectivity index (χ0v) is 14.3. The lowest BCUT2D eigenvalue weighted by Gasteiger charge is -2.40. The van der Waals surface area contributed by atoms with Gasteiger partial charge in [-0.1, -0.05) is 18.2 Å². The van der Waals surface area contributed by atoms with Crippen molar-refractivity contribution < 1.29 is 4.79 Å². The van der Waals surface area contributed by atoms with Gasteiger partial charge in [0.1, 0.15) is 22.7 Å². The highest BCUT2D eigenvalue weighted by molar-refractivity contribution is 7.99. The van der Waals surface area contributed by atoms with E-state index < -0.39 is 5.66 Å². The predicted octanol–water partition coefficient (Wildman–Crippen LogP) is 2.49. The molecule has 0 radical (unpaired) electrons. The van der Waals surface area contributed by atoms with Crippen molar-refractivity contribution in [3.05, 3.63) is 46.8 Å². The highest BCUT2D eigenvalue weighted by atomic mass is 32.2. The first kappa shape index (κ1) is 15.4. The monoisotopic (exact) mass is 342 g/mol. The molecule has 3 heterocycles. The molecule has 0 aromatic carbocycles. The molecule has 1 aliphatic heterocycles. The fraction of sp³-hybridized carbons (Fsp3) is 0.412. The van der Waals surface area contributed by atoms with Gasteiger partial charge in [-0.15, -0.1) is 0 Å². The van der Waals surface area contributed by atoms with Crippen molar-refractivity contribution in [2.75, 3.05) is 7.05 Å². The van der Waals surface area contributed by atoms with E-state index in [1.165, 1.54) is 18.1 Å². The second-order valence-electron chi connectivity index (χ2n) is 6.28. The Balaban J connectivity index is 1.83. The predicted molar refractivity (Wildman–Crippen MR) is 90.0 cm³/mol. The molecule has 1 aliphatic carbocycles. The Kier molecular flexibility index (Phi) is 3.68. The summed E-state index contributed by atoms with van der Waals surface area (Å²) in [6.45, 7) is 0. The maximum absolute atomic E-state index is 13.1. The average Bonchev–Trinajstić information content (AvgIpc) is 2.82. The molecular formula is C17H18N4O2S. The van der Waals surface area contributed by atoms with E-state index in [1.54, 1.807) is 33.9 Å². The number of hydrogen-bond acceptors (Lipinski definition) is 5. The molecule has 0 atom stereocenters. The molecule has 1 saturated carbocycles. The standard InChI is InChI=1S/C17H18N4O2S/c1-20-15(22)12-5-6-13(24-14-7-10-18-11-19-14)16(23)21(12)17(20)8-3-2-4-9-17/h5-7,10-11H,2-4,8-9H2,1H3. The number of nitrogens with zero attached hydrogens (tertiary/aromatic N) is 4. The van der Waals surface area contributed by atoms with E-state index in [2.05, 4.69) is 9.97 Å². The molecule has 1 amide bonds. The van der Waals surface area contributed by atoms with Crippen LogP contribution in [0, 0.1) is 0 Å². The first-order valence-electron chi connectivity index (χ1n) is 8.12. The van der Waals surface area contributed by atoms with Crippen LogP contribution in [-0.2, 0) is 5.66 Å².